The Labute approximate surface area is 148 Å². The number of amides is 1. The van der Waals surface area contributed by atoms with Crippen molar-refractivity contribution in [3.8, 4) is 0 Å². The van der Waals surface area contributed by atoms with Gasteiger partial charge in [-0.2, -0.15) is 0 Å². The predicted octanol–water partition coefficient (Wildman–Crippen LogP) is 3.44. The van der Waals surface area contributed by atoms with Crippen LogP contribution in [-0.2, 0) is 16.0 Å². The van der Waals surface area contributed by atoms with Crippen LogP contribution >= 0.6 is 0 Å². The van der Waals surface area contributed by atoms with Gasteiger partial charge in [0, 0.05) is 5.56 Å². The molecule has 3 rings (SSSR count). The number of ether oxygens (including phenoxy) is 1. The number of rotatable bonds is 3. The molecule has 0 bridgehead atoms. The van der Waals surface area contributed by atoms with E-state index >= 15 is 0 Å². The molecule has 1 aromatic heterocycles. The highest BCUT2D eigenvalue weighted by Gasteiger charge is 2.31. The van der Waals surface area contributed by atoms with Crippen molar-refractivity contribution in [3.63, 3.8) is 0 Å². The molecule has 0 saturated carbocycles. The number of nitrogens with zero attached hydrogens (tertiary/aromatic N) is 2. The van der Waals surface area contributed by atoms with Gasteiger partial charge in [0.25, 0.3) is 0 Å². The largest absolute Gasteiger partial charge is 0.370 e. The second-order valence-electron chi connectivity index (χ2n) is 7.06. The zero-order chi connectivity index (χ0) is 18.1. The van der Waals surface area contributed by atoms with Crippen LogP contribution in [0.1, 0.15) is 46.7 Å². The van der Waals surface area contributed by atoms with Crippen LogP contribution in [0.15, 0.2) is 22.7 Å². The van der Waals surface area contributed by atoms with E-state index in [1.165, 1.54) is 16.7 Å². The molecule has 134 valence electrons. The minimum Gasteiger partial charge on any atom is -0.370 e. The van der Waals surface area contributed by atoms with E-state index in [1.54, 1.807) is 0 Å². The lowest BCUT2D eigenvalue weighted by Crippen LogP contribution is -2.49. The number of carbonyl (C=O) groups is 1. The summed E-state index contributed by atoms with van der Waals surface area (Å²) in [5, 5.41) is 3.95. The van der Waals surface area contributed by atoms with Crippen LogP contribution < -0.4 is 0 Å². The van der Waals surface area contributed by atoms with E-state index in [0.29, 0.717) is 19.6 Å². The van der Waals surface area contributed by atoms with E-state index in [9.17, 15) is 4.79 Å². The molecule has 1 aliphatic heterocycles. The van der Waals surface area contributed by atoms with Crippen LogP contribution in [0.5, 0.6) is 0 Å². The molecule has 5 heteroatoms. The summed E-state index contributed by atoms with van der Waals surface area (Å²) < 4.78 is 11.2. The third-order valence-electron chi connectivity index (χ3n) is 5.04. The normalized spacial score (nSPS) is 20.8. The number of hydrogen-bond donors (Lipinski definition) is 0. The summed E-state index contributed by atoms with van der Waals surface area (Å²) in [6.07, 6.45) is 0.245. The maximum Gasteiger partial charge on any atom is 0.227 e. The van der Waals surface area contributed by atoms with Crippen molar-refractivity contribution in [2.24, 2.45) is 0 Å². The van der Waals surface area contributed by atoms with E-state index in [2.05, 4.69) is 37.2 Å². The Kier molecular flexibility index (Phi) is 4.95. The molecule has 2 heterocycles. The van der Waals surface area contributed by atoms with Crippen LogP contribution in [0.4, 0.5) is 0 Å². The van der Waals surface area contributed by atoms with Gasteiger partial charge in [-0.3, -0.25) is 4.79 Å². The molecule has 5 nitrogen and oxygen atoms in total. The highest BCUT2D eigenvalue weighted by molar-refractivity contribution is 5.79. The smallest absolute Gasteiger partial charge is 0.227 e. The average Bonchev–Trinajstić information content (AvgIpc) is 2.89. The fourth-order valence-corrected chi connectivity index (χ4v) is 3.41. The van der Waals surface area contributed by atoms with E-state index in [0.717, 1.165) is 17.0 Å². The molecule has 0 radical (unpaired) electrons. The predicted molar refractivity (Wildman–Crippen MR) is 95.5 cm³/mol. The van der Waals surface area contributed by atoms with Gasteiger partial charge in [0.1, 0.15) is 11.9 Å². The van der Waals surface area contributed by atoms with Crippen molar-refractivity contribution in [3.05, 3.63) is 51.9 Å². The second-order valence-corrected chi connectivity index (χ2v) is 7.06. The van der Waals surface area contributed by atoms with Gasteiger partial charge in [0.2, 0.25) is 5.91 Å². The lowest BCUT2D eigenvalue weighted by atomic mass is 9.98. The number of aryl methyl sites for hydroxylation is 4. The SMILES string of the molecule is Cc1ccc(C)c([C@H]2CN(C(=O)Cc3c(C)noc3C)[C@H](C)CO2)c1. The molecule has 0 N–H and O–H groups in total. The highest BCUT2D eigenvalue weighted by atomic mass is 16.5. The summed E-state index contributed by atoms with van der Waals surface area (Å²) >= 11 is 0. The number of carbonyl (C=O) groups excluding carboxylic acids is 1. The monoisotopic (exact) mass is 342 g/mol. The number of hydrogen-bond acceptors (Lipinski definition) is 4. The fraction of sp³-hybridized carbons (Fsp3) is 0.500. The summed E-state index contributed by atoms with van der Waals surface area (Å²) in [6, 6.07) is 6.44. The summed E-state index contributed by atoms with van der Waals surface area (Å²) in [6.45, 7) is 11.1. The van der Waals surface area contributed by atoms with Crippen molar-refractivity contribution in [1.29, 1.82) is 0 Å². The van der Waals surface area contributed by atoms with Gasteiger partial charge < -0.3 is 14.2 Å². The van der Waals surface area contributed by atoms with E-state index in [-0.39, 0.29) is 18.1 Å². The Bertz CT molecular complexity index is 762. The summed E-state index contributed by atoms with van der Waals surface area (Å²) in [5.41, 5.74) is 5.26. The zero-order valence-corrected chi connectivity index (χ0v) is 15.6. The Hall–Kier alpha value is -2.14. The first kappa shape index (κ1) is 17.7. The highest BCUT2D eigenvalue weighted by Crippen LogP contribution is 2.28. The van der Waals surface area contributed by atoms with Gasteiger partial charge in [-0.05, 0) is 45.7 Å². The molecule has 0 aliphatic carbocycles. The average molecular weight is 342 g/mol. The Morgan fingerprint density at radius 1 is 1.28 bits per heavy atom. The third kappa shape index (κ3) is 3.61. The van der Waals surface area contributed by atoms with Crippen LogP contribution in [-0.4, -0.2) is 35.2 Å². The number of aromatic nitrogens is 1. The molecule has 1 fully saturated rings. The van der Waals surface area contributed by atoms with Crippen LogP contribution in [0.3, 0.4) is 0 Å². The summed E-state index contributed by atoms with van der Waals surface area (Å²) in [4.78, 5) is 14.8. The summed E-state index contributed by atoms with van der Waals surface area (Å²) in [7, 11) is 0. The molecule has 2 aromatic rings. The van der Waals surface area contributed by atoms with Crippen molar-refractivity contribution in [2.45, 2.75) is 53.2 Å². The molecule has 0 spiro atoms. The van der Waals surface area contributed by atoms with Gasteiger partial charge in [-0.1, -0.05) is 28.9 Å². The third-order valence-corrected chi connectivity index (χ3v) is 5.04. The second kappa shape index (κ2) is 7.00. The lowest BCUT2D eigenvalue weighted by molar-refractivity contribution is -0.143. The first-order chi connectivity index (χ1) is 11.9. The minimum absolute atomic E-state index is 0.0642. The van der Waals surface area contributed by atoms with Crippen LogP contribution in [0, 0.1) is 27.7 Å². The molecule has 25 heavy (non-hydrogen) atoms. The minimum atomic E-state index is -0.0790. The maximum atomic E-state index is 12.9. The van der Waals surface area contributed by atoms with Crippen LogP contribution in [0.25, 0.3) is 0 Å². The van der Waals surface area contributed by atoms with Gasteiger partial charge in [-0.15, -0.1) is 0 Å². The quantitative estimate of drug-likeness (QED) is 0.857. The molecule has 1 aromatic carbocycles. The molecule has 1 aliphatic rings. The first-order valence-electron chi connectivity index (χ1n) is 8.76. The fourth-order valence-electron chi connectivity index (χ4n) is 3.41. The number of morpholine rings is 1. The van der Waals surface area contributed by atoms with Gasteiger partial charge in [0.05, 0.1) is 31.3 Å². The Morgan fingerprint density at radius 3 is 2.72 bits per heavy atom. The van der Waals surface area contributed by atoms with Crippen molar-refractivity contribution in [1.82, 2.24) is 10.1 Å². The lowest BCUT2D eigenvalue weighted by Gasteiger charge is -2.38. The van der Waals surface area contributed by atoms with Gasteiger partial charge in [-0.25, -0.2) is 0 Å². The molecule has 2 atom stereocenters. The molecule has 0 unspecified atom stereocenters. The van der Waals surface area contributed by atoms with Gasteiger partial charge >= 0.3 is 0 Å². The topological polar surface area (TPSA) is 55.6 Å². The van der Waals surface area contributed by atoms with Crippen molar-refractivity contribution < 1.29 is 14.1 Å². The molecule has 1 saturated heterocycles. The molecule has 1 amide bonds. The van der Waals surface area contributed by atoms with E-state index in [1.807, 2.05) is 25.7 Å². The maximum absolute atomic E-state index is 12.9. The zero-order valence-electron chi connectivity index (χ0n) is 15.6. The van der Waals surface area contributed by atoms with E-state index < -0.39 is 0 Å². The van der Waals surface area contributed by atoms with Gasteiger partial charge in [0.15, 0.2) is 0 Å². The molecular weight excluding hydrogens is 316 g/mol. The van der Waals surface area contributed by atoms with Crippen molar-refractivity contribution in [2.75, 3.05) is 13.2 Å². The first-order valence-corrected chi connectivity index (χ1v) is 8.76. The Morgan fingerprint density at radius 2 is 2.04 bits per heavy atom. The van der Waals surface area contributed by atoms with Crippen LogP contribution in [0.2, 0.25) is 0 Å². The number of benzene rings is 1. The van der Waals surface area contributed by atoms with Crippen molar-refractivity contribution >= 4 is 5.91 Å². The Balaban J connectivity index is 1.78. The molecular formula is C20H26N2O3. The van der Waals surface area contributed by atoms with E-state index in [4.69, 9.17) is 9.26 Å². The summed E-state index contributed by atoms with van der Waals surface area (Å²) in [5.74, 6) is 0.818. The standard InChI is InChI=1S/C20H26N2O3/c1-12-6-7-13(2)17(8-12)19-10-22(14(3)11-24-19)20(23)9-18-15(4)21-25-16(18)5/h6-8,14,19H,9-11H2,1-5H3/t14-,19-/m1/s1.